The van der Waals surface area contributed by atoms with Gasteiger partial charge >= 0.3 is 6.18 Å². The Morgan fingerprint density at radius 2 is 1.92 bits per heavy atom. The van der Waals surface area contributed by atoms with Crippen molar-refractivity contribution < 1.29 is 18.0 Å². The third-order valence-electron chi connectivity index (χ3n) is 4.08. The van der Waals surface area contributed by atoms with E-state index in [1.807, 2.05) is 11.9 Å². The Bertz CT molecular complexity index is 624. The van der Waals surface area contributed by atoms with Gasteiger partial charge in [0.2, 0.25) is 5.91 Å². The van der Waals surface area contributed by atoms with E-state index < -0.39 is 11.7 Å². The van der Waals surface area contributed by atoms with E-state index in [0.29, 0.717) is 37.9 Å². The molecule has 1 aliphatic carbocycles. The SMILES string of the molecule is CN=C(NCCCC(=O)NC1CC1)N(C)Cc1ccc(C(F)(F)F)cc1. The average Bonchev–Trinajstić information content (AvgIpc) is 3.38. The molecule has 0 aliphatic heterocycles. The molecule has 1 aromatic rings. The van der Waals surface area contributed by atoms with Gasteiger partial charge in [-0.15, -0.1) is 0 Å². The largest absolute Gasteiger partial charge is 0.416 e. The van der Waals surface area contributed by atoms with Crippen molar-refractivity contribution in [3.05, 3.63) is 35.4 Å². The Labute approximate surface area is 151 Å². The normalized spacial score (nSPS) is 14.9. The summed E-state index contributed by atoms with van der Waals surface area (Å²) in [5.41, 5.74) is 0.100. The number of carbonyl (C=O) groups is 1. The van der Waals surface area contributed by atoms with Crippen LogP contribution in [-0.2, 0) is 17.5 Å². The first-order valence-corrected chi connectivity index (χ1v) is 8.67. The summed E-state index contributed by atoms with van der Waals surface area (Å²) < 4.78 is 37.8. The van der Waals surface area contributed by atoms with Crippen molar-refractivity contribution in [1.29, 1.82) is 0 Å². The van der Waals surface area contributed by atoms with E-state index in [4.69, 9.17) is 0 Å². The van der Waals surface area contributed by atoms with Crippen LogP contribution in [0.25, 0.3) is 0 Å². The zero-order valence-electron chi connectivity index (χ0n) is 15.1. The number of halogens is 3. The molecule has 0 heterocycles. The predicted octanol–water partition coefficient (Wildman–Crippen LogP) is 2.77. The van der Waals surface area contributed by atoms with Crippen molar-refractivity contribution in [1.82, 2.24) is 15.5 Å². The van der Waals surface area contributed by atoms with Gasteiger partial charge in [-0.1, -0.05) is 12.1 Å². The first kappa shape index (κ1) is 20.1. The highest BCUT2D eigenvalue weighted by atomic mass is 19.4. The minimum absolute atomic E-state index is 0.0717. The van der Waals surface area contributed by atoms with E-state index in [1.165, 1.54) is 12.1 Å². The Balaban J connectivity index is 1.75. The fourth-order valence-electron chi connectivity index (χ4n) is 2.51. The summed E-state index contributed by atoms with van der Waals surface area (Å²) in [6.45, 7) is 1.03. The summed E-state index contributed by atoms with van der Waals surface area (Å²) in [6, 6.07) is 5.47. The molecule has 0 unspecified atom stereocenters. The molecule has 2 rings (SSSR count). The Kier molecular flexibility index (Phi) is 6.88. The second kappa shape index (κ2) is 8.91. The summed E-state index contributed by atoms with van der Waals surface area (Å²) in [6.07, 6.45) is -1.03. The van der Waals surface area contributed by atoms with Crippen LogP contribution >= 0.6 is 0 Å². The maximum Gasteiger partial charge on any atom is 0.416 e. The lowest BCUT2D eigenvalue weighted by atomic mass is 10.1. The highest BCUT2D eigenvalue weighted by Gasteiger charge is 2.30. The smallest absolute Gasteiger partial charge is 0.356 e. The lowest BCUT2D eigenvalue weighted by molar-refractivity contribution is -0.137. The number of guanidine groups is 1. The van der Waals surface area contributed by atoms with Gasteiger partial charge < -0.3 is 15.5 Å². The van der Waals surface area contributed by atoms with Crippen LogP contribution in [0.15, 0.2) is 29.3 Å². The average molecular weight is 370 g/mol. The number of aliphatic imine (C=N–C) groups is 1. The molecule has 26 heavy (non-hydrogen) atoms. The molecule has 5 nitrogen and oxygen atoms in total. The minimum Gasteiger partial charge on any atom is -0.356 e. The molecule has 0 spiro atoms. The lowest BCUT2D eigenvalue weighted by Gasteiger charge is -2.22. The fourth-order valence-corrected chi connectivity index (χ4v) is 2.51. The summed E-state index contributed by atoms with van der Waals surface area (Å²) in [7, 11) is 3.46. The third kappa shape index (κ3) is 6.57. The van der Waals surface area contributed by atoms with E-state index in [9.17, 15) is 18.0 Å². The zero-order chi connectivity index (χ0) is 19.2. The van der Waals surface area contributed by atoms with Crippen LogP contribution in [-0.4, -0.2) is 43.4 Å². The molecule has 0 aromatic heterocycles. The molecule has 2 N–H and O–H groups in total. The van der Waals surface area contributed by atoms with Gasteiger partial charge in [0.05, 0.1) is 5.56 Å². The first-order chi connectivity index (χ1) is 12.3. The maximum absolute atomic E-state index is 12.6. The van der Waals surface area contributed by atoms with Gasteiger partial charge in [-0.25, -0.2) is 0 Å². The van der Waals surface area contributed by atoms with Crippen LogP contribution in [0.4, 0.5) is 13.2 Å². The summed E-state index contributed by atoms with van der Waals surface area (Å²) in [5.74, 6) is 0.704. The standard InChI is InChI=1S/C18H25F3N4O/c1-22-17(23-11-3-4-16(26)24-15-9-10-15)25(2)12-13-5-7-14(8-6-13)18(19,20)21/h5-8,15H,3-4,9-12H2,1-2H3,(H,22,23)(H,24,26). The van der Waals surface area contributed by atoms with Gasteiger partial charge in [0.25, 0.3) is 0 Å². The molecule has 0 bridgehead atoms. The summed E-state index contributed by atoms with van der Waals surface area (Å²) >= 11 is 0. The highest BCUT2D eigenvalue weighted by molar-refractivity contribution is 5.80. The van der Waals surface area contributed by atoms with Crippen LogP contribution in [0.5, 0.6) is 0 Å². The molecule has 1 fully saturated rings. The molecular formula is C18H25F3N4O. The van der Waals surface area contributed by atoms with Crippen molar-refractivity contribution >= 4 is 11.9 Å². The van der Waals surface area contributed by atoms with Crippen LogP contribution in [0.1, 0.15) is 36.8 Å². The van der Waals surface area contributed by atoms with Gasteiger partial charge in [0, 0.05) is 39.6 Å². The lowest BCUT2D eigenvalue weighted by Crippen LogP contribution is -2.39. The topological polar surface area (TPSA) is 56.7 Å². The number of benzene rings is 1. The van der Waals surface area contributed by atoms with E-state index in [-0.39, 0.29) is 5.91 Å². The summed E-state index contributed by atoms with van der Waals surface area (Å²) in [5, 5.41) is 6.10. The van der Waals surface area contributed by atoms with Gasteiger partial charge in [0.15, 0.2) is 5.96 Å². The van der Waals surface area contributed by atoms with E-state index in [2.05, 4.69) is 15.6 Å². The van der Waals surface area contributed by atoms with Gasteiger partial charge in [0.1, 0.15) is 0 Å². The molecular weight excluding hydrogens is 345 g/mol. The molecule has 0 radical (unpaired) electrons. The molecule has 1 amide bonds. The molecule has 0 atom stereocenters. The van der Waals surface area contributed by atoms with E-state index >= 15 is 0 Å². The predicted molar refractivity (Wildman–Crippen MR) is 94.7 cm³/mol. The number of hydrogen-bond donors (Lipinski definition) is 2. The maximum atomic E-state index is 12.6. The fraction of sp³-hybridized carbons (Fsp3) is 0.556. The number of nitrogens with zero attached hydrogens (tertiary/aromatic N) is 2. The van der Waals surface area contributed by atoms with Gasteiger partial charge in [-0.3, -0.25) is 9.79 Å². The van der Waals surface area contributed by atoms with Crippen LogP contribution in [0.2, 0.25) is 0 Å². The van der Waals surface area contributed by atoms with Gasteiger partial charge in [-0.05, 0) is 37.0 Å². The zero-order valence-corrected chi connectivity index (χ0v) is 15.1. The van der Waals surface area contributed by atoms with Crippen molar-refractivity contribution in [2.24, 2.45) is 4.99 Å². The Morgan fingerprint density at radius 3 is 2.46 bits per heavy atom. The van der Waals surface area contributed by atoms with E-state index in [1.54, 1.807) is 7.05 Å². The number of carbonyl (C=O) groups excluding carboxylic acids is 1. The Hall–Kier alpha value is -2.25. The van der Waals surface area contributed by atoms with Crippen molar-refractivity contribution in [3.8, 4) is 0 Å². The third-order valence-corrected chi connectivity index (χ3v) is 4.08. The number of nitrogens with one attached hydrogen (secondary N) is 2. The second-order valence-corrected chi connectivity index (χ2v) is 6.47. The van der Waals surface area contributed by atoms with Crippen molar-refractivity contribution in [3.63, 3.8) is 0 Å². The second-order valence-electron chi connectivity index (χ2n) is 6.47. The number of alkyl halides is 3. The summed E-state index contributed by atoms with van der Waals surface area (Å²) in [4.78, 5) is 17.6. The highest BCUT2D eigenvalue weighted by Crippen LogP contribution is 2.29. The molecule has 144 valence electrons. The minimum atomic E-state index is -4.33. The number of hydrogen-bond acceptors (Lipinski definition) is 2. The number of amides is 1. The molecule has 1 aromatic carbocycles. The van der Waals surface area contributed by atoms with Gasteiger partial charge in [-0.2, -0.15) is 13.2 Å². The Morgan fingerprint density at radius 1 is 1.27 bits per heavy atom. The number of rotatable bonds is 7. The van der Waals surface area contributed by atoms with Crippen LogP contribution in [0, 0.1) is 0 Å². The van der Waals surface area contributed by atoms with Crippen molar-refractivity contribution in [2.75, 3.05) is 20.6 Å². The van der Waals surface area contributed by atoms with Crippen LogP contribution < -0.4 is 10.6 Å². The molecule has 1 saturated carbocycles. The first-order valence-electron chi connectivity index (χ1n) is 8.67. The quantitative estimate of drug-likeness (QED) is 0.441. The molecule has 1 aliphatic rings. The molecule has 0 saturated heterocycles. The molecule has 8 heteroatoms. The van der Waals surface area contributed by atoms with Crippen LogP contribution in [0.3, 0.4) is 0 Å². The van der Waals surface area contributed by atoms with E-state index in [0.717, 1.165) is 30.5 Å². The van der Waals surface area contributed by atoms with Crippen molar-refractivity contribution in [2.45, 2.75) is 44.4 Å². The monoisotopic (exact) mass is 370 g/mol.